The van der Waals surface area contributed by atoms with Crippen molar-refractivity contribution in [3.8, 4) is 0 Å². The van der Waals surface area contributed by atoms with Crippen LogP contribution in [0.1, 0.15) is 24.9 Å². The first-order chi connectivity index (χ1) is 8.72. The third-order valence-corrected chi connectivity index (χ3v) is 3.09. The monoisotopic (exact) mass is 242 g/mol. The zero-order valence-electron chi connectivity index (χ0n) is 10.6. The maximum absolute atomic E-state index is 12.0. The van der Waals surface area contributed by atoms with E-state index in [9.17, 15) is 4.79 Å². The Balaban J connectivity index is 2.16. The van der Waals surface area contributed by atoms with Crippen LogP contribution in [-0.4, -0.2) is 12.5 Å². The molecule has 2 rings (SSSR count). The van der Waals surface area contributed by atoms with Crippen LogP contribution >= 0.6 is 0 Å². The summed E-state index contributed by atoms with van der Waals surface area (Å²) in [6.07, 6.45) is 2.59. The molecule has 3 nitrogen and oxygen atoms in total. The van der Waals surface area contributed by atoms with Gasteiger partial charge in [-0.15, -0.1) is 6.58 Å². The molecule has 1 aliphatic heterocycles. The summed E-state index contributed by atoms with van der Waals surface area (Å²) in [5.41, 5.74) is 2.92. The Morgan fingerprint density at radius 1 is 1.44 bits per heavy atom. The van der Waals surface area contributed by atoms with Gasteiger partial charge in [0, 0.05) is 6.54 Å². The lowest BCUT2D eigenvalue weighted by molar-refractivity contribution is -0.119. The highest BCUT2D eigenvalue weighted by molar-refractivity contribution is 5.94. The Kier molecular flexibility index (Phi) is 3.82. The Morgan fingerprint density at radius 2 is 2.17 bits per heavy atom. The van der Waals surface area contributed by atoms with E-state index in [0.29, 0.717) is 12.2 Å². The molecule has 0 spiro atoms. The number of nitrogens with one attached hydrogen (secondary N) is 2. The van der Waals surface area contributed by atoms with Crippen molar-refractivity contribution in [1.82, 2.24) is 10.6 Å². The number of rotatable bonds is 4. The zero-order valence-corrected chi connectivity index (χ0v) is 10.6. The average Bonchev–Trinajstić information content (AvgIpc) is 2.39. The molecule has 2 N–H and O–H groups in total. The SMILES string of the molecule is C=CCNC1=C(C)CC(c2ccccc2)NC1=O. The molecule has 3 heteroatoms. The van der Waals surface area contributed by atoms with Crippen molar-refractivity contribution >= 4 is 5.91 Å². The van der Waals surface area contributed by atoms with Gasteiger partial charge in [-0.3, -0.25) is 4.79 Å². The van der Waals surface area contributed by atoms with Crippen LogP contribution in [0.2, 0.25) is 0 Å². The topological polar surface area (TPSA) is 41.1 Å². The van der Waals surface area contributed by atoms with Crippen molar-refractivity contribution in [2.24, 2.45) is 0 Å². The van der Waals surface area contributed by atoms with Crippen molar-refractivity contribution in [2.45, 2.75) is 19.4 Å². The first-order valence-electron chi connectivity index (χ1n) is 6.12. The molecule has 0 aromatic heterocycles. The van der Waals surface area contributed by atoms with Crippen LogP contribution in [0, 0.1) is 0 Å². The summed E-state index contributed by atoms with van der Waals surface area (Å²) in [6, 6.07) is 10.1. The van der Waals surface area contributed by atoms with Crippen molar-refractivity contribution < 1.29 is 4.79 Å². The second-order valence-corrected chi connectivity index (χ2v) is 4.47. The summed E-state index contributed by atoms with van der Waals surface area (Å²) in [5, 5.41) is 6.12. The van der Waals surface area contributed by atoms with Crippen LogP contribution in [0.3, 0.4) is 0 Å². The lowest BCUT2D eigenvalue weighted by Crippen LogP contribution is -2.39. The number of hydrogen-bond donors (Lipinski definition) is 2. The lowest BCUT2D eigenvalue weighted by atomic mass is 9.95. The van der Waals surface area contributed by atoms with Gasteiger partial charge in [-0.05, 0) is 24.5 Å². The summed E-state index contributed by atoms with van der Waals surface area (Å²) in [6.45, 7) is 6.25. The Hall–Kier alpha value is -2.03. The van der Waals surface area contributed by atoms with Crippen molar-refractivity contribution in [2.75, 3.05) is 6.54 Å². The minimum absolute atomic E-state index is 0.0329. The minimum Gasteiger partial charge on any atom is -0.377 e. The molecule has 0 radical (unpaired) electrons. The molecule has 0 saturated carbocycles. The minimum atomic E-state index is -0.0329. The van der Waals surface area contributed by atoms with E-state index in [4.69, 9.17) is 0 Å². The van der Waals surface area contributed by atoms with E-state index < -0.39 is 0 Å². The van der Waals surface area contributed by atoms with Gasteiger partial charge in [0.15, 0.2) is 0 Å². The molecular weight excluding hydrogens is 224 g/mol. The van der Waals surface area contributed by atoms with E-state index >= 15 is 0 Å². The smallest absolute Gasteiger partial charge is 0.267 e. The van der Waals surface area contributed by atoms with Crippen molar-refractivity contribution in [1.29, 1.82) is 0 Å². The summed E-state index contributed by atoms with van der Waals surface area (Å²) in [5.74, 6) is -0.0329. The normalized spacial score (nSPS) is 19.4. The van der Waals surface area contributed by atoms with Crippen LogP contribution in [0.5, 0.6) is 0 Å². The highest BCUT2D eigenvalue weighted by Gasteiger charge is 2.25. The molecule has 1 heterocycles. The number of amides is 1. The molecule has 0 aliphatic carbocycles. The summed E-state index contributed by atoms with van der Waals surface area (Å²) < 4.78 is 0. The second-order valence-electron chi connectivity index (χ2n) is 4.47. The zero-order chi connectivity index (χ0) is 13.0. The molecule has 1 aromatic rings. The van der Waals surface area contributed by atoms with Gasteiger partial charge in [0.25, 0.3) is 5.91 Å². The van der Waals surface area contributed by atoms with Crippen molar-refractivity contribution in [3.63, 3.8) is 0 Å². The van der Waals surface area contributed by atoms with Gasteiger partial charge >= 0.3 is 0 Å². The molecule has 1 unspecified atom stereocenters. The highest BCUT2D eigenvalue weighted by atomic mass is 16.2. The molecule has 94 valence electrons. The Morgan fingerprint density at radius 3 is 2.78 bits per heavy atom. The number of benzene rings is 1. The van der Waals surface area contributed by atoms with E-state index in [0.717, 1.165) is 17.6 Å². The fourth-order valence-electron chi connectivity index (χ4n) is 2.18. The summed E-state index contributed by atoms with van der Waals surface area (Å²) in [7, 11) is 0. The third kappa shape index (κ3) is 2.62. The number of carbonyl (C=O) groups is 1. The molecule has 18 heavy (non-hydrogen) atoms. The maximum atomic E-state index is 12.0. The van der Waals surface area contributed by atoms with Gasteiger partial charge in [0.2, 0.25) is 0 Å². The van der Waals surface area contributed by atoms with Gasteiger partial charge in [-0.1, -0.05) is 36.4 Å². The molecular formula is C15H18N2O. The van der Waals surface area contributed by atoms with Crippen molar-refractivity contribution in [3.05, 3.63) is 59.8 Å². The second kappa shape index (κ2) is 5.54. The van der Waals surface area contributed by atoms with Crippen LogP contribution < -0.4 is 10.6 Å². The molecule has 1 amide bonds. The number of hydrogen-bond acceptors (Lipinski definition) is 2. The van der Waals surface area contributed by atoms with E-state index in [-0.39, 0.29) is 11.9 Å². The van der Waals surface area contributed by atoms with Crippen LogP contribution in [-0.2, 0) is 4.79 Å². The third-order valence-electron chi connectivity index (χ3n) is 3.09. The molecule has 1 aromatic carbocycles. The van der Waals surface area contributed by atoms with Crippen LogP contribution in [0.15, 0.2) is 54.3 Å². The van der Waals surface area contributed by atoms with Gasteiger partial charge < -0.3 is 10.6 Å². The quantitative estimate of drug-likeness (QED) is 0.795. The van der Waals surface area contributed by atoms with E-state index in [1.54, 1.807) is 6.08 Å². The van der Waals surface area contributed by atoms with E-state index in [1.807, 2.05) is 37.3 Å². The van der Waals surface area contributed by atoms with Gasteiger partial charge in [0.05, 0.1) is 11.7 Å². The van der Waals surface area contributed by atoms with E-state index in [2.05, 4.69) is 17.2 Å². The first-order valence-corrected chi connectivity index (χ1v) is 6.12. The molecule has 1 aliphatic rings. The fraction of sp³-hybridized carbons (Fsp3) is 0.267. The Bertz CT molecular complexity index is 477. The molecule has 0 bridgehead atoms. The van der Waals surface area contributed by atoms with Gasteiger partial charge in [0.1, 0.15) is 0 Å². The molecule has 0 saturated heterocycles. The fourth-order valence-corrected chi connectivity index (χ4v) is 2.18. The molecule has 0 fully saturated rings. The summed E-state index contributed by atoms with van der Waals surface area (Å²) >= 11 is 0. The van der Waals surface area contributed by atoms with E-state index in [1.165, 1.54) is 0 Å². The van der Waals surface area contributed by atoms with Crippen LogP contribution in [0.25, 0.3) is 0 Å². The predicted octanol–water partition coefficient (Wildman–Crippen LogP) is 2.30. The maximum Gasteiger partial charge on any atom is 0.267 e. The largest absolute Gasteiger partial charge is 0.377 e. The predicted molar refractivity (Wildman–Crippen MR) is 72.8 cm³/mol. The van der Waals surface area contributed by atoms with Crippen LogP contribution in [0.4, 0.5) is 0 Å². The highest BCUT2D eigenvalue weighted by Crippen LogP contribution is 2.26. The first kappa shape index (κ1) is 12.4. The average molecular weight is 242 g/mol. The lowest BCUT2D eigenvalue weighted by Gasteiger charge is -2.27. The molecule has 1 atom stereocenters. The van der Waals surface area contributed by atoms with Gasteiger partial charge in [-0.25, -0.2) is 0 Å². The summed E-state index contributed by atoms with van der Waals surface area (Å²) in [4.78, 5) is 12.0. The standard InChI is InChI=1S/C15H18N2O/c1-3-9-16-14-11(2)10-13(17-15(14)18)12-7-5-4-6-8-12/h3-8,13,16H,1,9-10H2,2H3,(H,17,18). The number of carbonyl (C=O) groups excluding carboxylic acids is 1. The van der Waals surface area contributed by atoms with Gasteiger partial charge in [-0.2, -0.15) is 0 Å². The Labute approximate surface area is 108 Å².